The number of Topliss-reactive ketones (excluding diaryl/α,β-unsaturated/α-hetero) is 1. The number of carbonyl (C=O) groups excluding carboxylic acids is 2. The molecule has 1 saturated heterocycles. The van der Waals surface area contributed by atoms with Crippen LogP contribution in [-0.2, 0) is 23.9 Å². The minimum atomic E-state index is -1.83. The normalized spacial score (nSPS) is 49.3. The molecule has 5 aliphatic rings. The Hall–Kier alpha value is -1.48. The number of rotatable bonds is 5. The van der Waals surface area contributed by atoms with E-state index in [0.29, 0.717) is 12.8 Å². The third kappa shape index (κ3) is 4.56. The Kier molecular flexibility index (Phi) is 7.51. The zero-order valence-corrected chi connectivity index (χ0v) is 20.5. The number of hydrogen-bond donors (Lipinski definition) is 7. The summed E-state index contributed by atoms with van der Waals surface area (Å²) in [6, 6.07) is 0. The summed E-state index contributed by atoms with van der Waals surface area (Å²) in [6.45, 7) is -0.674. The van der Waals surface area contributed by atoms with Crippen molar-refractivity contribution < 1.29 is 54.5 Å². The fourth-order valence-electron chi connectivity index (χ4n) is 7.88. The van der Waals surface area contributed by atoms with Gasteiger partial charge in [0, 0.05) is 5.92 Å². The summed E-state index contributed by atoms with van der Waals surface area (Å²) in [5, 5.41) is 63.0. The third-order valence-corrected chi connectivity index (χ3v) is 9.64. The first kappa shape index (κ1) is 27.1. The molecule has 3 saturated carbocycles. The molecule has 37 heavy (non-hydrogen) atoms. The summed E-state index contributed by atoms with van der Waals surface area (Å²) in [7, 11) is 0. The van der Waals surface area contributed by atoms with Gasteiger partial charge in [0.1, 0.15) is 30.5 Å². The van der Waals surface area contributed by atoms with Crippen molar-refractivity contribution in [1.82, 2.24) is 0 Å². The average molecular weight is 528 g/mol. The molecule has 8 N–H and O–H groups in total. The summed E-state index contributed by atoms with van der Waals surface area (Å²) in [5.41, 5.74) is -0.520. The molecule has 13 atom stereocenters. The van der Waals surface area contributed by atoms with Gasteiger partial charge in [-0.05, 0) is 68.6 Å². The maximum Gasteiger partial charge on any atom is 0.356 e. The van der Waals surface area contributed by atoms with Crippen molar-refractivity contribution in [3.8, 4) is 0 Å². The minimum Gasteiger partial charge on any atom is -0.393 e. The van der Waals surface area contributed by atoms with Crippen LogP contribution in [0.25, 0.3) is 0 Å². The lowest BCUT2D eigenvalue weighted by Gasteiger charge is -2.52. The van der Waals surface area contributed by atoms with E-state index >= 15 is 0 Å². The van der Waals surface area contributed by atoms with Crippen LogP contribution in [-0.4, -0.2) is 97.5 Å². The highest BCUT2D eigenvalue weighted by Gasteiger charge is 2.60. The second-order valence-electron chi connectivity index (χ2n) is 11.4. The molecule has 0 aromatic rings. The van der Waals surface area contributed by atoms with Gasteiger partial charge in [-0.15, -0.1) is 0 Å². The van der Waals surface area contributed by atoms with Gasteiger partial charge in [-0.3, -0.25) is 4.79 Å². The molecule has 11 unspecified atom stereocenters. The van der Waals surface area contributed by atoms with Crippen molar-refractivity contribution >= 4 is 11.8 Å². The van der Waals surface area contributed by atoms with Gasteiger partial charge in [-0.2, -0.15) is 5.90 Å². The SMILES string of the molecule is NOC(=O)C1OC(OCC(=O)[C@@]2(O)CCC3C4CCC5=C[C@H](O)CCC5C4C(O)CC32)C(O)C(O)C1O. The standard InChI is InChI=1S/C25H37NO11/c26-37-23(33)22-20(31)19(30)21(32)24(36-22)35-9-17(29)25(34)6-5-13-14-3-1-10-7-11(27)2-4-12(10)18(14)16(28)8-15(13)25/h7,11-16,18-22,24,27-28,30-32,34H,1-6,8-9,26H2/t11-,12?,13?,14?,15?,16?,18?,19?,20?,21?,22?,24?,25-/m1/s1. The number of nitrogens with two attached hydrogens (primary N) is 1. The van der Waals surface area contributed by atoms with E-state index in [2.05, 4.69) is 4.84 Å². The molecular weight excluding hydrogens is 490 g/mol. The van der Waals surface area contributed by atoms with E-state index < -0.39 is 72.8 Å². The summed E-state index contributed by atoms with van der Waals surface area (Å²) in [5.74, 6) is 3.02. The van der Waals surface area contributed by atoms with E-state index in [1.54, 1.807) is 0 Å². The van der Waals surface area contributed by atoms with Gasteiger partial charge in [-0.1, -0.05) is 11.6 Å². The van der Waals surface area contributed by atoms with Crippen LogP contribution in [0, 0.1) is 29.6 Å². The third-order valence-electron chi connectivity index (χ3n) is 9.64. The first-order chi connectivity index (χ1) is 17.6. The highest BCUT2D eigenvalue weighted by atomic mass is 16.7. The number of ketones is 1. The highest BCUT2D eigenvalue weighted by molar-refractivity contribution is 5.89. The molecule has 0 amide bonds. The molecule has 5 rings (SSSR count). The maximum absolute atomic E-state index is 13.3. The molecule has 4 fully saturated rings. The van der Waals surface area contributed by atoms with Gasteiger partial charge in [0.05, 0.1) is 12.2 Å². The van der Waals surface area contributed by atoms with Crippen molar-refractivity contribution in [2.45, 2.75) is 93.5 Å². The van der Waals surface area contributed by atoms with E-state index in [4.69, 9.17) is 15.4 Å². The maximum atomic E-state index is 13.3. The topological polar surface area (TPSA) is 209 Å². The average Bonchev–Trinajstić information content (AvgIpc) is 3.23. The molecule has 0 aromatic heterocycles. The Morgan fingerprint density at radius 3 is 2.51 bits per heavy atom. The summed E-state index contributed by atoms with van der Waals surface area (Å²) in [4.78, 5) is 29.1. The number of carbonyl (C=O) groups is 2. The van der Waals surface area contributed by atoms with Crippen LogP contribution < -0.4 is 5.90 Å². The molecule has 12 nitrogen and oxygen atoms in total. The van der Waals surface area contributed by atoms with Gasteiger partial charge < -0.3 is 45.0 Å². The monoisotopic (exact) mass is 527 g/mol. The van der Waals surface area contributed by atoms with Gasteiger partial charge in [0.15, 0.2) is 18.2 Å². The molecule has 4 aliphatic carbocycles. The van der Waals surface area contributed by atoms with E-state index in [-0.39, 0.29) is 36.5 Å². The molecule has 12 heteroatoms. The Labute approximate surface area is 214 Å². The van der Waals surface area contributed by atoms with Crippen LogP contribution >= 0.6 is 0 Å². The van der Waals surface area contributed by atoms with Crippen molar-refractivity contribution in [2.75, 3.05) is 6.61 Å². The van der Waals surface area contributed by atoms with Crippen molar-refractivity contribution in [3.05, 3.63) is 11.6 Å². The largest absolute Gasteiger partial charge is 0.393 e. The number of fused-ring (bicyclic) bond motifs is 5. The Morgan fingerprint density at radius 1 is 1.03 bits per heavy atom. The van der Waals surface area contributed by atoms with Crippen molar-refractivity contribution in [1.29, 1.82) is 0 Å². The summed E-state index contributed by atoms with van der Waals surface area (Å²) < 4.78 is 10.6. The minimum absolute atomic E-state index is 0.0420. The molecule has 1 aliphatic heterocycles. The fourth-order valence-corrected chi connectivity index (χ4v) is 7.88. The number of hydrogen-bond acceptors (Lipinski definition) is 12. The Bertz CT molecular complexity index is 928. The highest BCUT2D eigenvalue weighted by Crippen LogP contribution is 2.59. The second-order valence-corrected chi connectivity index (χ2v) is 11.4. The van der Waals surface area contributed by atoms with Crippen LogP contribution in [0.3, 0.4) is 0 Å². The van der Waals surface area contributed by atoms with Crippen LogP contribution in [0.15, 0.2) is 11.6 Å². The van der Waals surface area contributed by atoms with Gasteiger partial charge in [0.2, 0.25) is 0 Å². The van der Waals surface area contributed by atoms with Gasteiger partial charge in [-0.25, -0.2) is 4.79 Å². The lowest BCUT2D eigenvalue weighted by molar-refractivity contribution is -0.294. The number of ether oxygens (including phenoxy) is 2. The predicted octanol–water partition coefficient (Wildman–Crippen LogP) is -1.96. The van der Waals surface area contributed by atoms with E-state index in [1.807, 2.05) is 6.08 Å². The molecule has 0 aromatic carbocycles. The lowest BCUT2D eigenvalue weighted by atomic mass is 9.54. The van der Waals surface area contributed by atoms with Gasteiger partial charge in [0.25, 0.3) is 0 Å². The lowest BCUT2D eigenvalue weighted by Crippen LogP contribution is -2.61. The molecule has 0 spiro atoms. The van der Waals surface area contributed by atoms with Crippen LogP contribution in [0.1, 0.15) is 44.9 Å². The summed E-state index contributed by atoms with van der Waals surface area (Å²) in [6.07, 6.45) is -3.71. The van der Waals surface area contributed by atoms with Crippen LogP contribution in [0.5, 0.6) is 0 Å². The first-order valence-corrected chi connectivity index (χ1v) is 13.1. The first-order valence-electron chi connectivity index (χ1n) is 13.1. The molecule has 1 heterocycles. The van der Waals surface area contributed by atoms with Crippen molar-refractivity contribution in [3.63, 3.8) is 0 Å². The molecule has 0 radical (unpaired) electrons. The molecule has 208 valence electrons. The zero-order chi connectivity index (χ0) is 26.6. The fraction of sp³-hybridized carbons (Fsp3) is 0.840. The van der Waals surface area contributed by atoms with Crippen LogP contribution in [0.2, 0.25) is 0 Å². The molecular formula is C25H37NO11. The Balaban J connectivity index is 1.26. The smallest absolute Gasteiger partial charge is 0.356 e. The number of aliphatic hydroxyl groups is 6. The predicted molar refractivity (Wildman–Crippen MR) is 123 cm³/mol. The number of allylic oxidation sites excluding steroid dienone is 1. The number of aliphatic hydroxyl groups excluding tert-OH is 5. The Morgan fingerprint density at radius 2 is 1.78 bits per heavy atom. The van der Waals surface area contributed by atoms with E-state index in [9.17, 15) is 40.2 Å². The second kappa shape index (κ2) is 10.2. The van der Waals surface area contributed by atoms with Gasteiger partial charge >= 0.3 is 5.97 Å². The van der Waals surface area contributed by atoms with E-state index in [1.165, 1.54) is 5.57 Å². The van der Waals surface area contributed by atoms with E-state index in [0.717, 1.165) is 19.3 Å². The quantitative estimate of drug-likeness (QED) is 0.154. The zero-order valence-electron chi connectivity index (χ0n) is 20.5. The van der Waals surface area contributed by atoms with Crippen LogP contribution in [0.4, 0.5) is 0 Å². The summed E-state index contributed by atoms with van der Waals surface area (Å²) >= 11 is 0. The van der Waals surface area contributed by atoms with Crippen molar-refractivity contribution in [2.24, 2.45) is 35.5 Å². The molecule has 0 bridgehead atoms.